The second kappa shape index (κ2) is 12.8. The van der Waals surface area contributed by atoms with Crippen LogP contribution < -0.4 is 0 Å². The highest BCUT2D eigenvalue weighted by atomic mass is 31.2. The highest BCUT2D eigenvalue weighted by molar-refractivity contribution is 7.48. The van der Waals surface area contributed by atoms with E-state index in [0.29, 0.717) is 12.8 Å². The van der Waals surface area contributed by atoms with Gasteiger partial charge in [-0.3, -0.25) is 13.6 Å². The van der Waals surface area contributed by atoms with Crippen LogP contribution in [0.5, 0.6) is 0 Å². The minimum atomic E-state index is -3.77. The van der Waals surface area contributed by atoms with Crippen molar-refractivity contribution in [3.63, 3.8) is 0 Å². The van der Waals surface area contributed by atoms with Crippen LogP contribution in [0.25, 0.3) is 10.4 Å². The molecule has 0 heterocycles. The van der Waals surface area contributed by atoms with Crippen molar-refractivity contribution in [2.45, 2.75) is 51.7 Å². The number of hydrogen-bond donors (Lipinski definition) is 2. The number of aliphatic hydroxyl groups is 2. The standard InChI is InChI=1S/C12H26N3O6P/c1-3-5-7-19-22(18,20-8-6-4-2)21-10-12(17)11(16)9-14-15-13/h11-12,16-17H,3-10H2,1-2H3/t11-,12-/m0/s1. The van der Waals surface area contributed by atoms with Gasteiger partial charge >= 0.3 is 7.82 Å². The van der Waals surface area contributed by atoms with Crippen LogP contribution in [0.2, 0.25) is 0 Å². The van der Waals surface area contributed by atoms with Crippen LogP contribution in [0.1, 0.15) is 39.5 Å². The fraction of sp³-hybridized carbons (Fsp3) is 1.00. The summed E-state index contributed by atoms with van der Waals surface area (Å²) in [4.78, 5) is 2.48. The van der Waals surface area contributed by atoms with E-state index in [0.717, 1.165) is 12.8 Å². The fourth-order valence-electron chi connectivity index (χ4n) is 1.27. The third-order valence-electron chi connectivity index (χ3n) is 2.67. The maximum absolute atomic E-state index is 12.4. The van der Waals surface area contributed by atoms with Gasteiger partial charge in [-0.05, 0) is 18.4 Å². The van der Waals surface area contributed by atoms with E-state index >= 15 is 0 Å². The van der Waals surface area contributed by atoms with E-state index in [4.69, 9.17) is 19.1 Å². The van der Waals surface area contributed by atoms with Crippen LogP contribution in [0.15, 0.2) is 5.11 Å². The summed E-state index contributed by atoms with van der Waals surface area (Å²) in [5.41, 5.74) is 8.15. The number of rotatable bonds is 14. The Kier molecular flexibility index (Phi) is 12.5. The normalized spacial score (nSPS) is 14.4. The Morgan fingerprint density at radius 3 is 2.09 bits per heavy atom. The molecule has 0 fully saturated rings. The van der Waals surface area contributed by atoms with Gasteiger partial charge in [0.15, 0.2) is 0 Å². The fourth-order valence-corrected chi connectivity index (χ4v) is 2.54. The molecule has 0 spiro atoms. The molecule has 0 unspecified atom stereocenters. The molecule has 0 aromatic rings. The Hall–Kier alpha value is -0.660. The molecule has 22 heavy (non-hydrogen) atoms. The molecule has 0 saturated carbocycles. The topological polar surface area (TPSA) is 134 Å². The van der Waals surface area contributed by atoms with E-state index in [2.05, 4.69) is 10.0 Å². The molecule has 130 valence electrons. The van der Waals surface area contributed by atoms with E-state index in [-0.39, 0.29) is 19.8 Å². The van der Waals surface area contributed by atoms with Crippen LogP contribution in [0.4, 0.5) is 0 Å². The Bertz CT molecular complexity index is 364. The van der Waals surface area contributed by atoms with Crippen molar-refractivity contribution in [1.29, 1.82) is 0 Å². The molecule has 9 nitrogen and oxygen atoms in total. The van der Waals surface area contributed by atoms with Gasteiger partial charge in [0.1, 0.15) is 6.10 Å². The van der Waals surface area contributed by atoms with Gasteiger partial charge in [0.25, 0.3) is 0 Å². The molecule has 0 aromatic heterocycles. The Morgan fingerprint density at radius 1 is 1.09 bits per heavy atom. The summed E-state index contributed by atoms with van der Waals surface area (Å²) in [5.74, 6) is 0. The smallest absolute Gasteiger partial charge is 0.390 e. The summed E-state index contributed by atoms with van der Waals surface area (Å²) in [6.45, 7) is 3.61. The van der Waals surface area contributed by atoms with E-state index in [1.54, 1.807) is 0 Å². The zero-order chi connectivity index (χ0) is 16.8. The number of phosphoric acid groups is 1. The zero-order valence-electron chi connectivity index (χ0n) is 13.1. The predicted octanol–water partition coefficient (Wildman–Crippen LogP) is 2.78. The van der Waals surface area contributed by atoms with Gasteiger partial charge in [-0.15, -0.1) is 0 Å². The van der Waals surface area contributed by atoms with Crippen molar-refractivity contribution in [3.05, 3.63) is 10.4 Å². The van der Waals surface area contributed by atoms with Crippen LogP contribution in [0, 0.1) is 0 Å². The van der Waals surface area contributed by atoms with Crippen LogP contribution in [-0.2, 0) is 18.1 Å². The largest absolute Gasteiger partial charge is 0.474 e. The predicted molar refractivity (Wildman–Crippen MR) is 81.3 cm³/mol. The molecule has 0 aliphatic rings. The summed E-state index contributed by atoms with van der Waals surface area (Å²) < 4.78 is 27.7. The third kappa shape index (κ3) is 10.1. The highest BCUT2D eigenvalue weighted by Crippen LogP contribution is 2.49. The average Bonchev–Trinajstić information content (AvgIpc) is 2.51. The maximum Gasteiger partial charge on any atom is 0.474 e. The lowest BCUT2D eigenvalue weighted by Gasteiger charge is -2.21. The molecular formula is C12H26N3O6P. The molecular weight excluding hydrogens is 313 g/mol. The van der Waals surface area contributed by atoms with Crippen molar-refractivity contribution in [3.8, 4) is 0 Å². The SMILES string of the molecule is CCCCOP(=O)(OCCCC)OC[C@H](O)[C@@H](O)CN=[N+]=[N-]. The van der Waals surface area contributed by atoms with E-state index < -0.39 is 26.6 Å². The summed E-state index contributed by atoms with van der Waals surface area (Å²) in [5, 5.41) is 22.3. The number of aliphatic hydroxyl groups excluding tert-OH is 2. The number of unbranched alkanes of at least 4 members (excludes halogenated alkanes) is 2. The van der Waals surface area contributed by atoms with Crippen molar-refractivity contribution >= 4 is 7.82 Å². The first-order valence-corrected chi connectivity index (χ1v) is 8.85. The quantitative estimate of drug-likeness (QED) is 0.164. The molecule has 0 bridgehead atoms. The third-order valence-corrected chi connectivity index (χ3v) is 4.14. The Morgan fingerprint density at radius 2 is 1.64 bits per heavy atom. The zero-order valence-corrected chi connectivity index (χ0v) is 14.0. The van der Waals surface area contributed by atoms with Crippen LogP contribution in [-0.4, -0.2) is 48.8 Å². The van der Waals surface area contributed by atoms with Crippen molar-refractivity contribution in [2.75, 3.05) is 26.4 Å². The average molecular weight is 339 g/mol. The van der Waals surface area contributed by atoms with Gasteiger partial charge in [-0.1, -0.05) is 31.8 Å². The van der Waals surface area contributed by atoms with E-state index in [1.807, 2.05) is 13.8 Å². The molecule has 0 amide bonds. The number of azide groups is 1. The lowest BCUT2D eigenvalue weighted by Crippen LogP contribution is -2.32. The van der Waals surface area contributed by atoms with Gasteiger partial charge in [-0.25, -0.2) is 4.57 Å². The molecule has 2 atom stereocenters. The minimum Gasteiger partial charge on any atom is -0.390 e. The van der Waals surface area contributed by atoms with Crippen molar-refractivity contribution < 1.29 is 28.3 Å². The summed E-state index contributed by atoms with van der Waals surface area (Å²) >= 11 is 0. The Balaban J connectivity index is 4.41. The number of nitrogens with zero attached hydrogens (tertiary/aromatic N) is 3. The van der Waals surface area contributed by atoms with Gasteiger partial charge in [0.05, 0.1) is 32.5 Å². The lowest BCUT2D eigenvalue weighted by atomic mass is 10.2. The monoisotopic (exact) mass is 339 g/mol. The first-order valence-electron chi connectivity index (χ1n) is 7.39. The molecule has 0 radical (unpaired) electrons. The first kappa shape index (κ1) is 21.3. The van der Waals surface area contributed by atoms with Gasteiger partial charge < -0.3 is 10.2 Å². The van der Waals surface area contributed by atoms with E-state index in [1.165, 1.54) is 0 Å². The van der Waals surface area contributed by atoms with Crippen molar-refractivity contribution in [2.24, 2.45) is 5.11 Å². The summed E-state index contributed by atoms with van der Waals surface area (Å²) in [6.07, 6.45) is 0.461. The molecule has 0 aromatic carbocycles. The second-order valence-electron chi connectivity index (χ2n) is 4.66. The van der Waals surface area contributed by atoms with Gasteiger partial charge in [-0.2, -0.15) is 0 Å². The molecule has 0 aliphatic heterocycles. The number of hydrogen-bond acceptors (Lipinski definition) is 7. The number of phosphoric ester groups is 1. The van der Waals surface area contributed by atoms with E-state index in [9.17, 15) is 14.8 Å². The molecule has 10 heteroatoms. The molecule has 0 rings (SSSR count). The molecule has 0 aliphatic carbocycles. The van der Waals surface area contributed by atoms with Crippen LogP contribution in [0.3, 0.4) is 0 Å². The summed E-state index contributed by atoms with van der Waals surface area (Å²) in [7, 11) is -3.77. The molecule has 0 saturated heterocycles. The van der Waals surface area contributed by atoms with Crippen LogP contribution >= 0.6 is 7.82 Å². The second-order valence-corrected chi connectivity index (χ2v) is 6.33. The lowest BCUT2D eigenvalue weighted by molar-refractivity contribution is -0.0146. The minimum absolute atomic E-state index is 0.220. The molecule has 2 N–H and O–H groups in total. The summed E-state index contributed by atoms with van der Waals surface area (Å²) in [6, 6.07) is 0. The maximum atomic E-state index is 12.4. The first-order chi connectivity index (χ1) is 10.5. The highest BCUT2D eigenvalue weighted by Gasteiger charge is 2.29. The van der Waals surface area contributed by atoms with Gasteiger partial charge in [0.2, 0.25) is 0 Å². The van der Waals surface area contributed by atoms with Crippen molar-refractivity contribution in [1.82, 2.24) is 0 Å². The van der Waals surface area contributed by atoms with Gasteiger partial charge in [0, 0.05) is 4.91 Å². The Labute approximate surface area is 130 Å².